The summed E-state index contributed by atoms with van der Waals surface area (Å²) in [7, 11) is 0. The van der Waals surface area contributed by atoms with E-state index >= 15 is 0 Å². The van der Waals surface area contributed by atoms with E-state index in [0.717, 1.165) is 31.4 Å². The van der Waals surface area contributed by atoms with Gasteiger partial charge in [0.1, 0.15) is 0 Å². The van der Waals surface area contributed by atoms with E-state index in [2.05, 4.69) is 18.4 Å². The molecule has 0 aliphatic carbocycles. The molecule has 3 heteroatoms. The molecule has 0 bridgehead atoms. The van der Waals surface area contributed by atoms with Crippen LogP contribution in [0.15, 0.2) is 11.4 Å². The summed E-state index contributed by atoms with van der Waals surface area (Å²) < 4.78 is 5.66. The predicted molar refractivity (Wildman–Crippen MR) is 66.8 cm³/mol. The van der Waals surface area contributed by atoms with Crippen molar-refractivity contribution in [3.63, 3.8) is 0 Å². The molecule has 90 valence electrons. The van der Waals surface area contributed by atoms with Crippen molar-refractivity contribution in [3.8, 4) is 0 Å². The summed E-state index contributed by atoms with van der Waals surface area (Å²) in [4.78, 5) is 1.27. The van der Waals surface area contributed by atoms with Crippen LogP contribution in [0.3, 0.4) is 0 Å². The molecule has 16 heavy (non-hydrogen) atoms. The Morgan fingerprint density at radius 3 is 3.06 bits per heavy atom. The maximum Gasteiger partial charge on any atom is 0.0799 e. The molecule has 2 heterocycles. The Balaban J connectivity index is 1.76. The third-order valence-electron chi connectivity index (χ3n) is 3.17. The van der Waals surface area contributed by atoms with Crippen LogP contribution in [0.5, 0.6) is 0 Å². The van der Waals surface area contributed by atoms with Crippen molar-refractivity contribution in [1.82, 2.24) is 0 Å². The maximum atomic E-state index is 10.0. The first-order valence-corrected chi connectivity index (χ1v) is 6.98. The van der Waals surface area contributed by atoms with Gasteiger partial charge in [0, 0.05) is 11.5 Å². The Morgan fingerprint density at radius 1 is 1.56 bits per heavy atom. The number of rotatable bonds is 4. The van der Waals surface area contributed by atoms with Crippen molar-refractivity contribution in [2.45, 2.75) is 51.2 Å². The monoisotopic (exact) mass is 240 g/mol. The summed E-state index contributed by atoms with van der Waals surface area (Å²) in [5.74, 6) is 0. The van der Waals surface area contributed by atoms with Crippen LogP contribution >= 0.6 is 11.3 Å². The minimum absolute atomic E-state index is 0.310. The third-order valence-corrected chi connectivity index (χ3v) is 4.05. The molecular formula is C13H20O2S. The van der Waals surface area contributed by atoms with Crippen LogP contribution < -0.4 is 0 Å². The van der Waals surface area contributed by atoms with Crippen molar-refractivity contribution >= 4 is 11.3 Å². The zero-order valence-corrected chi connectivity index (χ0v) is 10.6. The van der Waals surface area contributed by atoms with E-state index in [4.69, 9.17) is 4.74 Å². The first kappa shape index (κ1) is 12.1. The van der Waals surface area contributed by atoms with Crippen LogP contribution in [0.25, 0.3) is 0 Å². The lowest BCUT2D eigenvalue weighted by atomic mass is 10.0. The lowest BCUT2D eigenvalue weighted by molar-refractivity contribution is 0.00216. The second kappa shape index (κ2) is 5.80. The highest BCUT2D eigenvalue weighted by atomic mass is 32.1. The van der Waals surface area contributed by atoms with Gasteiger partial charge in [-0.25, -0.2) is 0 Å². The molecule has 1 N–H and O–H groups in total. The molecule has 1 aliphatic rings. The van der Waals surface area contributed by atoms with E-state index in [9.17, 15) is 5.11 Å². The summed E-state index contributed by atoms with van der Waals surface area (Å²) in [5, 5.41) is 12.1. The molecular weight excluding hydrogens is 220 g/mol. The number of ether oxygens (including phenoxy) is 1. The summed E-state index contributed by atoms with van der Waals surface area (Å²) in [6, 6.07) is 2.08. The van der Waals surface area contributed by atoms with Crippen molar-refractivity contribution in [2.75, 3.05) is 6.61 Å². The van der Waals surface area contributed by atoms with Crippen LogP contribution in [-0.4, -0.2) is 17.8 Å². The Kier molecular flexibility index (Phi) is 4.38. The zero-order valence-electron chi connectivity index (χ0n) is 9.82. The van der Waals surface area contributed by atoms with Gasteiger partial charge in [-0.3, -0.25) is 0 Å². The normalized spacial score (nSPS) is 23.2. The fourth-order valence-corrected chi connectivity index (χ4v) is 2.94. The quantitative estimate of drug-likeness (QED) is 0.873. The minimum atomic E-state index is -0.310. The predicted octanol–water partition coefficient (Wildman–Crippen LogP) is 3.44. The van der Waals surface area contributed by atoms with Crippen molar-refractivity contribution in [3.05, 3.63) is 21.9 Å². The Morgan fingerprint density at radius 2 is 2.44 bits per heavy atom. The smallest absolute Gasteiger partial charge is 0.0799 e. The van der Waals surface area contributed by atoms with E-state index in [1.165, 1.54) is 17.7 Å². The molecule has 1 saturated heterocycles. The molecule has 2 atom stereocenters. The van der Waals surface area contributed by atoms with E-state index in [0.29, 0.717) is 6.10 Å². The van der Waals surface area contributed by atoms with E-state index in [1.54, 1.807) is 11.3 Å². The van der Waals surface area contributed by atoms with Gasteiger partial charge in [0.2, 0.25) is 0 Å². The highest BCUT2D eigenvalue weighted by Crippen LogP contribution is 2.26. The molecule has 0 aromatic carbocycles. The summed E-state index contributed by atoms with van der Waals surface area (Å²) in [5.41, 5.74) is 1.07. The number of hydrogen-bond donors (Lipinski definition) is 1. The Bertz CT molecular complexity index is 315. The second-order valence-corrected chi connectivity index (χ2v) is 5.69. The molecule has 2 rings (SSSR count). The maximum absolute atomic E-state index is 10.0. The molecule has 0 amide bonds. The van der Waals surface area contributed by atoms with Gasteiger partial charge in [0.15, 0.2) is 0 Å². The van der Waals surface area contributed by atoms with Gasteiger partial charge in [-0.15, -0.1) is 11.3 Å². The van der Waals surface area contributed by atoms with E-state index < -0.39 is 0 Å². The fourth-order valence-electron chi connectivity index (χ4n) is 2.18. The van der Waals surface area contributed by atoms with Gasteiger partial charge in [-0.2, -0.15) is 0 Å². The molecule has 2 nitrogen and oxygen atoms in total. The number of aliphatic hydroxyl groups is 1. The number of aryl methyl sites for hydroxylation is 1. The van der Waals surface area contributed by atoms with Crippen molar-refractivity contribution < 1.29 is 9.84 Å². The van der Waals surface area contributed by atoms with Crippen LogP contribution in [0.4, 0.5) is 0 Å². The molecule has 1 fully saturated rings. The average Bonchev–Trinajstić information content (AvgIpc) is 2.74. The summed E-state index contributed by atoms with van der Waals surface area (Å²) in [6.45, 7) is 2.98. The molecule has 1 aromatic heterocycles. The van der Waals surface area contributed by atoms with Crippen molar-refractivity contribution in [2.24, 2.45) is 0 Å². The van der Waals surface area contributed by atoms with Crippen molar-refractivity contribution in [1.29, 1.82) is 0 Å². The Labute approximate surface area is 101 Å². The fraction of sp³-hybridized carbons (Fsp3) is 0.692. The summed E-state index contributed by atoms with van der Waals surface area (Å²) >= 11 is 1.70. The highest BCUT2D eigenvalue weighted by molar-refractivity contribution is 7.10. The Hall–Kier alpha value is -0.380. The van der Waals surface area contributed by atoms with Gasteiger partial charge in [-0.1, -0.05) is 0 Å². The average molecular weight is 240 g/mol. The van der Waals surface area contributed by atoms with Crippen LogP contribution in [0.2, 0.25) is 0 Å². The highest BCUT2D eigenvalue weighted by Gasteiger charge is 2.16. The molecule has 2 unspecified atom stereocenters. The molecule has 0 radical (unpaired) electrons. The number of hydrogen-bond acceptors (Lipinski definition) is 3. The van der Waals surface area contributed by atoms with Gasteiger partial charge >= 0.3 is 0 Å². The third kappa shape index (κ3) is 3.30. The molecule has 0 spiro atoms. The standard InChI is InChI=1S/C13H20O2S/c1-10-8-11(9-16-10)13(14)6-5-12-4-2-3-7-15-12/h8-9,12-14H,2-7H2,1H3. The molecule has 1 aliphatic heterocycles. The molecule has 0 saturated carbocycles. The van der Waals surface area contributed by atoms with Crippen LogP contribution in [-0.2, 0) is 4.74 Å². The van der Waals surface area contributed by atoms with Crippen LogP contribution in [0, 0.1) is 6.92 Å². The minimum Gasteiger partial charge on any atom is -0.388 e. The molecule has 1 aromatic rings. The van der Waals surface area contributed by atoms with Crippen LogP contribution in [0.1, 0.15) is 48.6 Å². The summed E-state index contributed by atoms with van der Waals surface area (Å²) in [6.07, 6.45) is 5.51. The van der Waals surface area contributed by atoms with Gasteiger partial charge in [0.25, 0.3) is 0 Å². The first-order chi connectivity index (χ1) is 7.75. The second-order valence-electron chi connectivity index (χ2n) is 4.57. The zero-order chi connectivity index (χ0) is 11.4. The van der Waals surface area contributed by atoms with Gasteiger partial charge in [-0.05, 0) is 56.0 Å². The number of thiophene rings is 1. The van der Waals surface area contributed by atoms with E-state index in [-0.39, 0.29) is 6.10 Å². The SMILES string of the molecule is Cc1cc(C(O)CCC2CCCCO2)cs1. The largest absolute Gasteiger partial charge is 0.388 e. The van der Waals surface area contributed by atoms with E-state index in [1.807, 2.05) is 0 Å². The lowest BCUT2D eigenvalue weighted by Crippen LogP contribution is -2.19. The lowest BCUT2D eigenvalue weighted by Gasteiger charge is -2.23. The van der Waals surface area contributed by atoms with Gasteiger partial charge in [0.05, 0.1) is 12.2 Å². The topological polar surface area (TPSA) is 29.5 Å². The number of aliphatic hydroxyl groups excluding tert-OH is 1. The van der Waals surface area contributed by atoms with Gasteiger partial charge < -0.3 is 9.84 Å². The first-order valence-electron chi connectivity index (χ1n) is 6.10.